The number of rotatable bonds is 4. The number of benzene rings is 1. The van der Waals surface area contributed by atoms with Crippen LogP contribution in [0.15, 0.2) is 22.6 Å². The van der Waals surface area contributed by atoms with Crippen LogP contribution in [-0.4, -0.2) is 42.7 Å². The molecule has 0 radical (unpaired) electrons. The molecule has 1 atom stereocenters. The first-order chi connectivity index (χ1) is 13.7. The van der Waals surface area contributed by atoms with Gasteiger partial charge >= 0.3 is 0 Å². The van der Waals surface area contributed by atoms with Crippen LogP contribution in [-0.2, 0) is 9.84 Å². The molecule has 29 heavy (non-hydrogen) atoms. The Bertz CT molecular complexity index is 1220. The Hall–Kier alpha value is -2.81. The molecule has 3 aromatic rings. The van der Waals surface area contributed by atoms with E-state index in [0.29, 0.717) is 29.1 Å². The lowest BCUT2D eigenvalue weighted by molar-refractivity contribution is 0.0997. The van der Waals surface area contributed by atoms with Crippen molar-refractivity contribution >= 4 is 32.4 Å². The lowest BCUT2D eigenvalue weighted by Gasteiger charge is -2.11. The first-order valence-corrected chi connectivity index (χ1v) is 11.2. The molecule has 0 aliphatic carbocycles. The number of aryl methyl sites for hydroxylation is 2. The molecule has 1 aliphatic heterocycles. The van der Waals surface area contributed by atoms with Gasteiger partial charge in [0.05, 0.1) is 41.7 Å². The highest BCUT2D eigenvalue weighted by Crippen LogP contribution is 2.31. The summed E-state index contributed by atoms with van der Waals surface area (Å²) in [5, 5.41) is 8.22. The number of carbonyl (C=O) groups excluding carboxylic acids is 1. The van der Waals surface area contributed by atoms with E-state index >= 15 is 0 Å². The highest BCUT2D eigenvalue weighted by molar-refractivity contribution is 7.91. The van der Waals surface area contributed by atoms with Gasteiger partial charge in [0.1, 0.15) is 11.3 Å². The molecule has 1 N–H and O–H groups in total. The number of amides is 1. The highest BCUT2D eigenvalue weighted by atomic mass is 32.2. The quantitative estimate of drug-likeness (QED) is 0.699. The maximum atomic E-state index is 12.9. The van der Waals surface area contributed by atoms with Crippen LogP contribution in [0.4, 0.5) is 5.69 Å². The maximum Gasteiger partial charge on any atom is 0.291 e. The van der Waals surface area contributed by atoms with Crippen LogP contribution in [0.5, 0.6) is 5.75 Å². The van der Waals surface area contributed by atoms with Gasteiger partial charge in [-0.25, -0.2) is 8.42 Å². The highest BCUT2D eigenvalue weighted by Gasteiger charge is 2.32. The van der Waals surface area contributed by atoms with Crippen molar-refractivity contribution in [3.8, 4) is 5.75 Å². The van der Waals surface area contributed by atoms with Crippen molar-refractivity contribution in [2.45, 2.75) is 33.2 Å². The van der Waals surface area contributed by atoms with E-state index in [0.717, 1.165) is 16.6 Å². The third-order valence-electron chi connectivity index (χ3n) is 5.47. The molecule has 0 spiro atoms. The second kappa shape index (κ2) is 6.91. The SMILES string of the molecule is COc1ccc2c(C)c(C(=O)Nc3c(C)nn(C4CCS(=O)(=O)C4)c3C)oc2c1. The molecule has 0 bridgehead atoms. The minimum Gasteiger partial charge on any atom is -0.497 e. The lowest BCUT2D eigenvalue weighted by atomic mass is 10.1. The number of furan rings is 1. The fourth-order valence-electron chi connectivity index (χ4n) is 3.89. The van der Waals surface area contributed by atoms with Gasteiger partial charge in [-0.05, 0) is 39.3 Å². The molecule has 1 unspecified atom stereocenters. The maximum absolute atomic E-state index is 12.9. The van der Waals surface area contributed by atoms with Crippen molar-refractivity contribution in [3.63, 3.8) is 0 Å². The molecule has 9 heteroatoms. The summed E-state index contributed by atoms with van der Waals surface area (Å²) in [6.07, 6.45) is 0.530. The molecule has 1 saturated heterocycles. The third-order valence-corrected chi connectivity index (χ3v) is 7.22. The van der Waals surface area contributed by atoms with E-state index in [1.807, 2.05) is 26.0 Å². The summed E-state index contributed by atoms with van der Waals surface area (Å²) in [4.78, 5) is 12.9. The number of nitrogens with zero attached hydrogens (tertiary/aromatic N) is 2. The molecule has 8 nitrogen and oxygen atoms in total. The van der Waals surface area contributed by atoms with Crippen molar-refractivity contribution in [3.05, 3.63) is 40.9 Å². The fourth-order valence-corrected chi connectivity index (χ4v) is 5.58. The van der Waals surface area contributed by atoms with Gasteiger partial charge in [-0.3, -0.25) is 9.48 Å². The zero-order chi connectivity index (χ0) is 20.9. The summed E-state index contributed by atoms with van der Waals surface area (Å²) in [6, 6.07) is 5.22. The molecule has 1 fully saturated rings. The van der Waals surface area contributed by atoms with Crippen molar-refractivity contribution in [2.24, 2.45) is 0 Å². The zero-order valence-corrected chi connectivity index (χ0v) is 17.6. The number of anilines is 1. The van der Waals surface area contributed by atoms with Crippen LogP contribution < -0.4 is 10.1 Å². The predicted octanol–water partition coefficient (Wildman–Crippen LogP) is 3.18. The van der Waals surface area contributed by atoms with Crippen molar-refractivity contribution in [2.75, 3.05) is 23.9 Å². The number of ether oxygens (including phenoxy) is 1. The monoisotopic (exact) mass is 417 g/mol. The standard InChI is InChI=1S/C20H23N3O5S/c1-11-16-6-5-15(27-4)9-17(16)28-19(11)20(24)21-18-12(2)22-23(13(18)3)14-7-8-29(25,26)10-14/h5-6,9,14H,7-8,10H2,1-4H3,(H,21,24). The Balaban J connectivity index is 1.64. The van der Waals surface area contributed by atoms with Gasteiger partial charge < -0.3 is 14.5 Å². The van der Waals surface area contributed by atoms with E-state index in [1.165, 1.54) is 0 Å². The Labute approximate surface area is 168 Å². The Kier molecular flexibility index (Phi) is 4.65. The van der Waals surface area contributed by atoms with Gasteiger partial charge in [0.15, 0.2) is 15.6 Å². The van der Waals surface area contributed by atoms with Crippen LogP contribution in [0, 0.1) is 20.8 Å². The van der Waals surface area contributed by atoms with Gasteiger partial charge in [-0.1, -0.05) is 0 Å². The second-order valence-corrected chi connectivity index (χ2v) is 9.65. The molecular formula is C20H23N3O5S. The third kappa shape index (κ3) is 3.39. The van der Waals surface area contributed by atoms with Crippen molar-refractivity contribution in [1.82, 2.24) is 9.78 Å². The normalized spacial score (nSPS) is 18.3. The summed E-state index contributed by atoms with van der Waals surface area (Å²) < 4.78 is 36.3. The van der Waals surface area contributed by atoms with E-state index in [9.17, 15) is 13.2 Å². The topological polar surface area (TPSA) is 103 Å². The van der Waals surface area contributed by atoms with Crippen LogP contribution in [0.2, 0.25) is 0 Å². The Morgan fingerprint density at radius 2 is 2.07 bits per heavy atom. The van der Waals surface area contributed by atoms with Crippen molar-refractivity contribution < 1.29 is 22.4 Å². The number of aromatic nitrogens is 2. The van der Waals surface area contributed by atoms with Crippen LogP contribution in [0.3, 0.4) is 0 Å². The molecule has 1 aromatic carbocycles. The summed E-state index contributed by atoms with van der Waals surface area (Å²) >= 11 is 0. The smallest absolute Gasteiger partial charge is 0.291 e. The van der Waals surface area contributed by atoms with E-state index in [-0.39, 0.29) is 29.2 Å². The van der Waals surface area contributed by atoms with E-state index < -0.39 is 9.84 Å². The number of sulfone groups is 1. The number of hydrogen-bond donors (Lipinski definition) is 1. The molecule has 4 rings (SSSR count). The predicted molar refractivity (Wildman–Crippen MR) is 109 cm³/mol. The minimum absolute atomic E-state index is 0.0763. The molecule has 3 heterocycles. The summed E-state index contributed by atoms with van der Waals surface area (Å²) in [6.45, 7) is 5.45. The fraction of sp³-hybridized carbons (Fsp3) is 0.400. The molecular weight excluding hydrogens is 394 g/mol. The number of fused-ring (bicyclic) bond motifs is 1. The lowest BCUT2D eigenvalue weighted by Crippen LogP contribution is -2.15. The summed E-state index contributed by atoms with van der Waals surface area (Å²) in [5.41, 5.74) is 3.26. The van der Waals surface area contributed by atoms with Crippen LogP contribution >= 0.6 is 0 Å². The second-order valence-electron chi connectivity index (χ2n) is 7.42. The molecule has 1 amide bonds. The molecule has 0 saturated carbocycles. The van der Waals surface area contributed by atoms with Gasteiger partial charge in [0, 0.05) is 17.0 Å². The van der Waals surface area contributed by atoms with Gasteiger partial charge in [-0.2, -0.15) is 5.10 Å². The van der Waals surface area contributed by atoms with Gasteiger partial charge in [-0.15, -0.1) is 0 Å². The van der Waals surface area contributed by atoms with Crippen molar-refractivity contribution in [1.29, 1.82) is 0 Å². The molecule has 2 aromatic heterocycles. The number of carbonyl (C=O) groups is 1. The first kappa shape index (κ1) is 19.5. The molecule has 1 aliphatic rings. The minimum atomic E-state index is -3.03. The number of methoxy groups -OCH3 is 1. The van der Waals surface area contributed by atoms with E-state index in [2.05, 4.69) is 10.4 Å². The Morgan fingerprint density at radius 3 is 2.72 bits per heavy atom. The zero-order valence-electron chi connectivity index (χ0n) is 16.8. The average molecular weight is 417 g/mol. The van der Waals surface area contributed by atoms with Crippen LogP contribution in [0.1, 0.15) is 40.0 Å². The summed E-state index contributed by atoms with van der Waals surface area (Å²) in [7, 11) is -1.46. The summed E-state index contributed by atoms with van der Waals surface area (Å²) in [5.74, 6) is 0.745. The van der Waals surface area contributed by atoms with Crippen LogP contribution in [0.25, 0.3) is 11.0 Å². The number of nitrogens with one attached hydrogen (secondary N) is 1. The van der Waals surface area contributed by atoms with Gasteiger partial charge in [0.25, 0.3) is 5.91 Å². The molecule has 154 valence electrons. The van der Waals surface area contributed by atoms with E-state index in [4.69, 9.17) is 9.15 Å². The number of hydrogen-bond acceptors (Lipinski definition) is 6. The average Bonchev–Trinajstić information content (AvgIpc) is 3.30. The van der Waals surface area contributed by atoms with Gasteiger partial charge in [0.2, 0.25) is 0 Å². The largest absolute Gasteiger partial charge is 0.497 e. The Morgan fingerprint density at radius 1 is 1.31 bits per heavy atom. The first-order valence-electron chi connectivity index (χ1n) is 9.35. The van der Waals surface area contributed by atoms with E-state index in [1.54, 1.807) is 24.8 Å².